The van der Waals surface area contributed by atoms with Gasteiger partial charge in [-0.15, -0.1) is 0 Å². The molecule has 0 bridgehead atoms. The smallest absolute Gasteiger partial charge is 0.143 e. The molecule has 6 heteroatoms. The lowest BCUT2D eigenvalue weighted by Crippen LogP contribution is -2.11. The summed E-state index contributed by atoms with van der Waals surface area (Å²) in [6.07, 6.45) is 3.46. The molecular formula is C18H20N6. The van der Waals surface area contributed by atoms with Gasteiger partial charge in [0.15, 0.2) is 0 Å². The number of imidazole rings is 1. The van der Waals surface area contributed by atoms with Gasteiger partial charge in [-0.3, -0.25) is 0 Å². The Hall–Kier alpha value is -2.47. The number of aryl methyl sites for hydroxylation is 1. The largest absolute Gasteiger partial charge is 0.331 e. The maximum atomic E-state index is 5.59. The third-order valence-corrected chi connectivity index (χ3v) is 5.18. The first-order valence-corrected chi connectivity index (χ1v) is 8.51. The van der Waals surface area contributed by atoms with Crippen LogP contribution >= 0.6 is 0 Å². The van der Waals surface area contributed by atoms with Crippen molar-refractivity contribution in [2.45, 2.75) is 37.0 Å². The number of fused-ring (bicyclic) bond motifs is 1. The molecule has 1 aromatic carbocycles. The number of nitrogen functional groups attached to an aromatic ring is 1. The number of rotatable bonds is 4. The van der Waals surface area contributed by atoms with Crippen LogP contribution in [0.25, 0.3) is 11.0 Å². The zero-order valence-corrected chi connectivity index (χ0v) is 13.6. The molecule has 0 spiro atoms. The lowest BCUT2D eigenvalue weighted by molar-refractivity contribution is 0.790. The van der Waals surface area contributed by atoms with E-state index in [4.69, 9.17) is 15.8 Å². The molecule has 0 saturated heterocycles. The highest BCUT2D eigenvalue weighted by Gasteiger charge is 2.44. The fourth-order valence-electron chi connectivity index (χ4n) is 3.58. The minimum Gasteiger partial charge on any atom is -0.331 e. The van der Waals surface area contributed by atoms with Gasteiger partial charge in [-0.2, -0.15) is 0 Å². The number of nitrogens with zero attached hydrogens (tertiary/aromatic N) is 4. The molecule has 0 aliphatic heterocycles. The van der Waals surface area contributed by atoms with E-state index in [-0.39, 0.29) is 0 Å². The van der Waals surface area contributed by atoms with Crippen molar-refractivity contribution in [2.24, 2.45) is 12.9 Å². The summed E-state index contributed by atoms with van der Waals surface area (Å²) < 4.78 is 2.21. The zero-order chi connectivity index (χ0) is 16.3. The Morgan fingerprint density at radius 3 is 2.71 bits per heavy atom. The highest BCUT2D eigenvalue weighted by atomic mass is 15.3. The first kappa shape index (κ1) is 13.9. The summed E-state index contributed by atoms with van der Waals surface area (Å²) in [6, 6.07) is 10.3. The number of anilines is 1. The molecule has 1 unspecified atom stereocenters. The number of nitrogens with two attached hydrogens (primary N) is 1. The van der Waals surface area contributed by atoms with Gasteiger partial charge >= 0.3 is 0 Å². The van der Waals surface area contributed by atoms with Gasteiger partial charge in [0.05, 0.1) is 16.7 Å². The summed E-state index contributed by atoms with van der Waals surface area (Å²) >= 11 is 0. The molecule has 0 radical (unpaired) electrons. The molecule has 24 heavy (non-hydrogen) atoms. The van der Waals surface area contributed by atoms with E-state index in [1.807, 2.05) is 12.1 Å². The third-order valence-electron chi connectivity index (χ3n) is 5.18. The van der Waals surface area contributed by atoms with E-state index in [1.54, 1.807) is 0 Å². The third kappa shape index (κ3) is 2.17. The molecule has 6 nitrogen and oxygen atoms in total. The van der Waals surface area contributed by atoms with Crippen molar-refractivity contribution in [3.8, 4) is 0 Å². The molecule has 2 fully saturated rings. The number of aromatic nitrogens is 4. The van der Waals surface area contributed by atoms with Crippen LogP contribution in [-0.4, -0.2) is 19.5 Å². The van der Waals surface area contributed by atoms with Crippen molar-refractivity contribution in [2.75, 3.05) is 5.43 Å². The summed E-state index contributed by atoms with van der Waals surface area (Å²) in [5.41, 5.74) is 6.03. The minimum absolute atomic E-state index is 0.410. The van der Waals surface area contributed by atoms with Crippen molar-refractivity contribution in [3.63, 3.8) is 0 Å². The lowest BCUT2D eigenvalue weighted by atomic mass is 10.2. The van der Waals surface area contributed by atoms with Gasteiger partial charge in [0.25, 0.3) is 0 Å². The summed E-state index contributed by atoms with van der Waals surface area (Å²) in [5, 5.41) is 0. The number of benzene rings is 1. The lowest BCUT2D eigenvalue weighted by Gasteiger charge is -2.07. The predicted molar refractivity (Wildman–Crippen MR) is 92.6 cm³/mol. The first-order chi connectivity index (χ1) is 11.7. The average molecular weight is 320 g/mol. The van der Waals surface area contributed by atoms with Gasteiger partial charge in [0.1, 0.15) is 17.5 Å². The van der Waals surface area contributed by atoms with Gasteiger partial charge in [-0.25, -0.2) is 20.8 Å². The second-order valence-corrected chi connectivity index (χ2v) is 6.92. The van der Waals surface area contributed by atoms with Crippen molar-refractivity contribution < 1.29 is 0 Å². The van der Waals surface area contributed by atoms with Crippen molar-refractivity contribution in [1.82, 2.24) is 19.5 Å². The van der Waals surface area contributed by atoms with Crippen molar-refractivity contribution >= 4 is 16.9 Å². The van der Waals surface area contributed by atoms with Crippen LogP contribution < -0.4 is 11.3 Å². The van der Waals surface area contributed by atoms with Crippen LogP contribution in [0.2, 0.25) is 0 Å². The van der Waals surface area contributed by atoms with E-state index < -0.39 is 0 Å². The van der Waals surface area contributed by atoms with Crippen LogP contribution in [0.1, 0.15) is 54.4 Å². The molecule has 2 aromatic heterocycles. The molecule has 0 amide bonds. The summed E-state index contributed by atoms with van der Waals surface area (Å²) in [7, 11) is 2.10. The van der Waals surface area contributed by atoms with Gasteiger partial charge in [-0.05, 0) is 31.4 Å². The second kappa shape index (κ2) is 5.01. The minimum atomic E-state index is 0.410. The van der Waals surface area contributed by atoms with Gasteiger partial charge in [0, 0.05) is 30.9 Å². The molecule has 2 aliphatic rings. The van der Waals surface area contributed by atoms with E-state index in [2.05, 4.69) is 40.2 Å². The van der Waals surface area contributed by atoms with Crippen LogP contribution in [0.15, 0.2) is 30.3 Å². The highest BCUT2D eigenvalue weighted by molar-refractivity contribution is 5.76. The first-order valence-electron chi connectivity index (χ1n) is 8.51. The van der Waals surface area contributed by atoms with E-state index in [1.165, 1.54) is 18.4 Å². The Kier molecular flexibility index (Phi) is 2.91. The summed E-state index contributed by atoms with van der Waals surface area (Å²) in [4.78, 5) is 14.2. The fraction of sp³-hybridized carbons (Fsp3) is 0.389. The number of hydrogen-bond donors (Lipinski definition) is 2. The second-order valence-electron chi connectivity index (χ2n) is 6.92. The number of hydrazine groups is 1. The Bertz CT molecular complexity index is 926. The molecule has 2 saturated carbocycles. The predicted octanol–water partition coefficient (Wildman–Crippen LogP) is 2.80. The summed E-state index contributed by atoms with van der Waals surface area (Å²) in [6.45, 7) is 0. The molecule has 5 rings (SSSR count). The molecule has 2 atom stereocenters. The molecule has 122 valence electrons. The van der Waals surface area contributed by atoms with Crippen LogP contribution in [0, 0.1) is 0 Å². The Balaban J connectivity index is 1.49. The fourth-order valence-corrected chi connectivity index (χ4v) is 3.58. The van der Waals surface area contributed by atoms with E-state index in [9.17, 15) is 0 Å². The van der Waals surface area contributed by atoms with Gasteiger partial charge in [-0.1, -0.05) is 12.1 Å². The van der Waals surface area contributed by atoms with Crippen molar-refractivity contribution in [3.05, 3.63) is 47.7 Å². The SMILES string of the molecule is Cn1c(C2C[C@H]2c2cc(NN)nc(C3CC3)n2)nc2ccccc21. The number of nitrogens with one attached hydrogen (secondary N) is 1. The van der Waals surface area contributed by atoms with Gasteiger partial charge in [0.2, 0.25) is 0 Å². The molecule has 3 N–H and O–H groups in total. The van der Waals surface area contributed by atoms with E-state index in [0.29, 0.717) is 17.8 Å². The molecule has 2 aliphatic carbocycles. The topological polar surface area (TPSA) is 81.7 Å². The maximum absolute atomic E-state index is 5.59. The number of hydrogen-bond acceptors (Lipinski definition) is 5. The van der Waals surface area contributed by atoms with E-state index >= 15 is 0 Å². The number of para-hydroxylation sites is 2. The van der Waals surface area contributed by atoms with Crippen LogP contribution in [-0.2, 0) is 7.05 Å². The molecular weight excluding hydrogens is 300 g/mol. The normalized spacial score (nSPS) is 22.8. The summed E-state index contributed by atoms with van der Waals surface area (Å²) in [5.74, 6) is 9.76. The standard InChI is InChI=1S/C18H20N6/c1-24-15-5-3-2-4-13(15)21-18(24)12-8-11(12)14-9-16(23-19)22-17(20-14)10-6-7-10/h2-5,9-12H,6-8,19H2,1H3,(H,20,22,23)/t11-,12?/m1/s1. The molecule has 3 aromatic rings. The van der Waals surface area contributed by atoms with Crippen LogP contribution in [0.4, 0.5) is 5.82 Å². The highest BCUT2D eigenvalue weighted by Crippen LogP contribution is 2.54. The monoisotopic (exact) mass is 320 g/mol. The average Bonchev–Trinajstić information content (AvgIpc) is 3.53. The maximum Gasteiger partial charge on any atom is 0.143 e. The Morgan fingerprint density at radius 2 is 1.96 bits per heavy atom. The van der Waals surface area contributed by atoms with E-state index in [0.717, 1.165) is 35.1 Å². The Morgan fingerprint density at radius 1 is 1.12 bits per heavy atom. The Labute approximate surface area is 140 Å². The van der Waals surface area contributed by atoms with Crippen molar-refractivity contribution in [1.29, 1.82) is 0 Å². The van der Waals surface area contributed by atoms with Crippen LogP contribution in [0.3, 0.4) is 0 Å². The molecule has 2 heterocycles. The zero-order valence-electron chi connectivity index (χ0n) is 13.6. The van der Waals surface area contributed by atoms with Crippen LogP contribution in [0.5, 0.6) is 0 Å². The van der Waals surface area contributed by atoms with Gasteiger partial charge < -0.3 is 9.99 Å². The quantitative estimate of drug-likeness (QED) is 0.570.